The number of likely N-dealkylation sites (N-methyl/N-ethyl adjacent to an activating group) is 1. The van der Waals surface area contributed by atoms with Gasteiger partial charge < -0.3 is 15.1 Å². The molecule has 2 aromatic rings. The zero-order chi connectivity index (χ0) is 22.7. The summed E-state index contributed by atoms with van der Waals surface area (Å²) in [6.45, 7) is 6.16. The Bertz CT molecular complexity index is 1030. The van der Waals surface area contributed by atoms with Gasteiger partial charge in [-0.3, -0.25) is 9.80 Å². The number of amides is 1. The van der Waals surface area contributed by atoms with Crippen LogP contribution in [0.5, 0.6) is 0 Å². The van der Waals surface area contributed by atoms with E-state index < -0.39 is 17.2 Å². The lowest BCUT2D eigenvalue weighted by atomic mass is 9.78. The molecule has 0 spiro atoms. The molecule has 0 aromatic heterocycles. The summed E-state index contributed by atoms with van der Waals surface area (Å²) in [4.78, 5) is 15.3. The average molecular weight is 434 g/mol. The molecule has 1 amide bonds. The fraction of sp³-hybridized carbons (Fsp3) is 0.423. The van der Waals surface area contributed by atoms with E-state index >= 15 is 0 Å². The molecule has 3 aliphatic rings. The first-order valence-corrected chi connectivity index (χ1v) is 11.4. The van der Waals surface area contributed by atoms with E-state index in [1.807, 2.05) is 11.9 Å². The molecular weight excluding hydrogens is 402 g/mol. The molecule has 2 aromatic carbocycles. The number of hydrogen-bond donors (Lipinski definition) is 2. The maximum absolute atomic E-state index is 13.6. The molecule has 5 rings (SSSR count). The molecule has 168 valence electrons. The van der Waals surface area contributed by atoms with E-state index in [0.29, 0.717) is 13.2 Å². The minimum Gasteiger partial charge on any atom is -0.387 e. The zero-order valence-electron chi connectivity index (χ0n) is 18.9. The van der Waals surface area contributed by atoms with E-state index in [2.05, 4.69) is 53.5 Å². The van der Waals surface area contributed by atoms with Crippen molar-refractivity contribution < 1.29 is 15.0 Å². The zero-order valence-corrected chi connectivity index (χ0v) is 18.9. The van der Waals surface area contributed by atoms with Gasteiger partial charge >= 0.3 is 0 Å². The van der Waals surface area contributed by atoms with Crippen LogP contribution < -0.4 is 0 Å². The second kappa shape index (κ2) is 7.44. The third-order valence-corrected chi connectivity index (χ3v) is 7.47. The van der Waals surface area contributed by atoms with E-state index in [9.17, 15) is 15.0 Å². The Morgan fingerprint density at radius 1 is 1.00 bits per heavy atom. The van der Waals surface area contributed by atoms with E-state index in [4.69, 9.17) is 0 Å². The molecule has 2 aliphatic heterocycles. The molecule has 2 N–H and O–H groups in total. The molecule has 32 heavy (non-hydrogen) atoms. The van der Waals surface area contributed by atoms with Crippen LogP contribution in [-0.2, 0) is 17.6 Å². The largest absolute Gasteiger partial charge is 0.387 e. The Hall–Kier alpha value is -2.67. The first kappa shape index (κ1) is 21.2. The second-order valence-electron chi connectivity index (χ2n) is 9.48. The van der Waals surface area contributed by atoms with Crippen molar-refractivity contribution in [3.8, 4) is 0 Å². The van der Waals surface area contributed by atoms with Crippen LogP contribution in [0.2, 0.25) is 0 Å². The lowest BCUT2D eigenvalue weighted by Gasteiger charge is -2.59. The van der Waals surface area contributed by atoms with Gasteiger partial charge in [0, 0.05) is 12.7 Å². The van der Waals surface area contributed by atoms with Gasteiger partial charge in [0.05, 0.1) is 12.7 Å². The SMILES string of the molecule is CCN1CN(C2c3ccccc3CCc3ccccc32)N2C=CC(C)(O)C(O)C2(C)C1=O. The highest BCUT2D eigenvalue weighted by atomic mass is 16.3. The Labute approximate surface area is 189 Å². The number of carbonyl (C=O) groups is 1. The third kappa shape index (κ3) is 2.94. The standard InChI is InChI=1S/C26H31N3O3/c1-4-27-17-28(29-16-15-25(2,32)23(30)26(29,3)24(27)31)22-20-11-7-5-9-18(20)13-14-19-10-6-8-12-21(19)22/h5-12,15-16,22-23,30,32H,4,13-14,17H2,1-3H3. The van der Waals surface area contributed by atoms with Gasteiger partial charge in [-0.25, -0.2) is 0 Å². The Kier molecular flexibility index (Phi) is 4.93. The normalized spacial score (nSPS) is 30.5. The number of aryl methyl sites for hydroxylation is 2. The quantitative estimate of drug-likeness (QED) is 0.762. The van der Waals surface area contributed by atoms with Crippen molar-refractivity contribution in [2.75, 3.05) is 13.2 Å². The average Bonchev–Trinajstić information content (AvgIpc) is 2.95. The summed E-state index contributed by atoms with van der Waals surface area (Å²) in [5, 5.41) is 26.1. The molecule has 6 nitrogen and oxygen atoms in total. The summed E-state index contributed by atoms with van der Waals surface area (Å²) in [7, 11) is 0. The fourth-order valence-corrected chi connectivity index (χ4v) is 5.62. The van der Waals surface area contributed by atoms with Gasteiger partial charge in [0.25, 0.3) is 5.91 Å². The van der Waals surface area contributed by atoms with E-state index in [1.165, 1.54) is 22.3 Å². The van der Waals surface area contributed by atoms with Crippen LogP contribution in [0.15, 0.2) is 60.8 Å². The first-order chi connectivity index (χ1) is 15.3. The first-order valence-electron chi connectivity index (χ1n) is 11.4. The summed E-state index contributed by atoms with van der Waals surface area (Å²) in [6, 6.07) is 16.9. The van der Waals surface area contributed by atoms with Crippen molar-refractivity contribution in [1.82, 2.24) is 14.9 Å². The van der Waals surface area contributed by atoms with Gasteiger partial charge in [-0.05, 0) is 61.9 Å². The maximum Gasteiger partial charge on any atom is 0.253 e. The predicted molar refractivity (Wildman–Crippen MR) is 122 cm³/mol. The van der Waals surface area contributed by atoms with Gasteiger partial charge in [0.2, 0.25) is 0 Å². The molecule has 0 radical (unpaired) electrons. The molecule has 0 saturated carbocycles. The number of aliphatic hydroxyl groups is 2. The van der Waals surface area contributed by atoms with Crippen LogP contribution in [0.25, 0.3) is 0 Å². The fourth-order valence-electron chi connectivity index (χ4n) is 5.62. The molecule has 1 fully saturated rings. The van der Waals surface area contributed by atoms with E-state index in [-0.39, 0.29) is 11.9 Å². The highest BCUT2D eigenvalue weighted by Gasteiger charge is 2.60. The highest BCUT2D eigenvalue weighted by molar-refractivity contribution is 5.88. The minimum atomic E-state index is -1.50. The molecule has 0 bridgehead atoms. The Morgan fingerprint density at radius 2 is 1.56 bits per heavy atom. The Morgan fingerprint density at radius 3 is 2.12 bits per heavy atom. The van der Waals surface area contributed by atoms with Crippen LogP contribution >= 0.6 is 0 Å². The number of hydrazine groups is 1. The van der Waals surface area contributed by atoms with Crippen LogP contribution in [0, 0.1) is 0 Å². The van der Waals surface area contributed by atoms with Gasteiger partial charge in [0.1, 0.15) is 11.7 Å². The van der Waals surface area contributed by atoms with Crippen molar-refractivity contribution in [2.24, 2.45) is 0 Å². The molecule has 2 heterocycles. The van der Waals surface area contributed by atoms with Crippen LogP contribution in [0.1, 0.15) is 49.1 Å². The molecule has 3 unspecified atom stereocenters. The molecule has 1 aliphatic carbocycles. The van der Waals surface area contributed by atoms with Crippen molar-refractivity contribution in [2.45, 2.75) is 56.9 Å². The molecule has 6 heteroatoms. The minimum absolute atomic E-state index is 0.119. The van der Waals surface area contributed by atoms with Gasteiger partial charge in [0.15, 0.2) is 5.54 Å². The van der Waals surface area contributed by atoms with E-state index in [1.54, 1.807) is 31.0 Å². The van der Waals surface area contributed by atoms with Crippen molar-refractivity contribution in [1.29, 1.82) is 0 Å². The molecule has 1 saturated heterocycles. The molecule has 3 atom stereocenters. The van der Waals surface area contributed by atoms with Crippen LogP contribution in [0.3, 0.4) is 0 Å². The van der Waals surface area contributed by atoms with Crippen LogP contribution in [0.4, 0.5) is 0 Å². The van der Waals surface area contributed by atoms with Gasteiger partial charge in [-0.15, -0.1) is 0 Å². The lowest BCUT2D eigenvalue weighted by Crippen LogP contribution is -2.77. The summed E-state index contributed by atoms with van der Waals surface area (Å²) in [5.41, 5.74) is 2.20. The van der Waals surface area contributed by atoms with Crippen LogP contribution in [-0.4, -0.2) is 61.5 Å². The summed E-state index contributed by atoms with van der Waals surface area (Å²) in [5.74, 6) is -0.177. The number of nitrogens with zero attached hydrogens (tertiary/aromatic N) is 3. The highest BCUT2D eigenvalue weighted by Crippen LogP contribution is 2.45. The summed E-state index contributed by atoms with van der Waals surface area (Å²) in [6.07, 6.45) is 4.00. The topological polar surface area (TPSA) is 67.2 Å². The predicted octanol–water partition coefficient (Wildman–Crippen LogP) is 2.61. The number of aliphatic hydroxyl groups excluding tert-OH is 1. The van der Waals surface area contributed by atoms with Crippen molar-refractivity contribution in [3.63, 3.8) is 0 Å². The van der Waals surface area contributed by atoms with Crippen molar-refractivity contribution in [3.05, 3.63) is 83.1 Å². The summed E-state index contributed by atoms with van der Waals surface area (Å²) < 4.78 is 0. The second-order valence-corrected chi connectivity index (χ2v) is 9.48. The molecular formula is C26H31N3O3. The number of carbonyl (C=O) groups excluding carboxylic acids is 1. The third-order valence-electron chi connectivity index (χ3n) is 7.47. The number of hydrogen-bond acceptors (Lipinski definition) is 5. The smallest absolute Gasteiger partial charge is 0.253 e. The summed E-state index contributed by atoms with van der Waals surface area (Å²) >= 11 is 0. The van der Waals surface area contributed by atoms with Crippen molar-refractivity contribution >= 4 is 5.91 Å². The van der Waals surface area contributed by atoms with Gasteiger partial charge in [-0.2, -0.15) is 5.01 Å². The number of rotatable bonds is 2. The number of fused-ring (bicyclic) bond motifs is 3. The maximum atomic E-state index is 13.6. The Balaban J connectivity index is 1.73. The monoisotopic (exact) mass is 433 g/mol. The van der Waals surface area contributed by atoms with Gasteiger partial charge in [-0.1, -0.05) is 48.5 Å². The van der Waals surface area contributed by atoms with E-state index in [0.717, 1.165) is 12.8 Å². The number of benzene rings is 2. The lowest BCUT2D eigenvalue weighted by molar-refractivity contribution is -0.226.